The molecule has 0 spiro atoms. The summed E-state index contributed by atoms with van der Waals surface area (Å²) < 4.78 is 0. The first-order chi connectivity index (χ1) is 6.60. The van der Waals surface area contributed by atoms with Gasteiger partial charge < -0.3 is 5.11 Å². The molecule has 1 saturated carbocycles. The van der Waals surface area contributed by atoms with Gasteiger partial charge in [0.1, 0.15) is 0 Å². The molecule has 0 heterocycles. The van der Waals surface area contributed by atoms with Gasteiger partial charge in [-0.1, -0.05) is 36.5 Å². The summed E-state index contributed by atoms with van der Waals surface area (Å²) >= 11 is 0. The van der Waals surface area contributed by atoms with Gasteiger partial charge in [0, 0.05) is 5.92 Å². The van der Waals surface area contributed by atoms with E-state index in [2.05, 4.69) is 18.7 Å². The average molecular weight is 190 g/mol. The predicted octanol–water partition coefficient (Wildman–Crippen LogP) is 2.84. The zero-order chi connectivity index (χ0) is 10.2. The number of aliphatic hydroxyl groups is 1. The highest BCUT2D eigenvalue weighted by Gasteiger charge is 2.41. The van der Waals surface area contributed by atoms with Crippen molar-refractivity contribution in [1.82, 2.24) is 0 Å². The van der Waals surface area contributed by atoms with Crippen LogP contribution in [0, 0.1) is 11.8 Å². The molecule has 1 heteroatoms. The molecule has 0 amide bonds. The minimum Gasteiger partial charge on any atom is -0.385 e. The standard InChI is InChI=1S/C13H18O/c1-10(2)7-8-13(14)9-11-3-5-12(13)6-4-11/h3,5,7-8,11-12,14H,1,4,6,9H2,2H3/b8-7+/t11-,12+,13+/m0/s1. The molecule has 3 aliphatic rings. The van der Waals surface area contributed by atoms with E-state index in [1.54, 1.807) is 0 Å². The first-order valence-corrected chi connectivity index (χ1v) is 5.35. The van der Waals surface area contributed by atoms with Crippen LogP contribution < -0.4 is 0 Å². The van der Waals surface area contributed by atoms with E-state index in [0.29, 0.717) is 11.8 Å². The van der Waals surface area contributed by atoms with Crippen molar-refractivity contribution in [2.24, 2.45) is 11.8 Å². The van der Waals surface area contributed by atoms with Crippen LogP contribution in [-0.4, -0.2) is 10.7 Å². The Labute approximate surface area is 85.8 Å². The van der Waals surface area contributed by atoms with Crippen molar-refractivity contribution in [3.05, 3.63) is 36.5 Å². The molecule has 1 nitrogen and oxygen atoms in total. The predicted molar refractivity (Wildman–Crippen MR) is 58.9 cm³/mol. The molecule has 3 aliphatic carbocycles. The first kappa shape index (κ1) is 9.72. The highest BCUT2D eigenvalue weighted by Crippen LogP contribution is 2.43. The summed E-state index contributed by atoms with van der Waals surface area (Å²) in [5.74, 6) is 0.905. The number of rotatable bonds is 2. The molecule has 14 heavy (non-hydrogen) atoms. The van der Waals surface area contributed by atoms with Gasteiger partial charge in [-0.25, -0.2) is 0 Å². The topological polar surface area (TPSA) is 20.2 Å². The minimum atomic E-state index is -0.601. The molecule has 0 aromatic rings. The second-order valence-electron chi connectivity index (χ2n) is 4.70. The lowest BCUT2D eigenvalue weighted by atomic mass is 9.66. The Morgan fingerprint density at radius 3 is 2.71 bits per heavy atom. The Hall–Kier alpha value is -0.820. The Bertz CT molecular complexity index is 300. The molecule has 76 valence electrons. The second kappa shape index (κ2) is 3.39. The minimum absolute atomic E-state index is 0.322. The van der Waals surface area contributed by atoms with Crippen molar-refractivity contribution in [2.45, 2.75) is 31.8 Å². The lowest BCUT2D eigenvalue weighted by molar-refractivity contribution is -0.00629. The lowest BCUT2D eigenvalue weighted by Crippen LogP contribution is -2.43. The summed E-state index contributed by atoms with van der Waals surface area (Å²) in [6.07, 6.45) is 11.6. The van der Waals surface area contributed by atoms with Gasteiger partial charge in [-0.3, -0.25) is 0 Å². The lowest BCUT2D eigenvalue weighted by Gasteiger charge is -2.43. The van der Waals surface area contributed by atoms with E-state index in [0.717, 1.165) is 18.4 Å². The van der Waals surface area contributed by atoms with Crippen LogP contribution in [0.25, 0.3) is 0 Å². The molecule has 0 radical (unpaired) electrons. The molecule has 3 atom stereocenters. The van der Waals surface area contributed by atoms with Gasteiger partial charge in [0.2, 0.25) is 0 Å². The molecular weight excluding hydrogens is 172 g/mol. The van der Waals surface area contributed by atoms with Gasteiger partial charge in [-0.15, -0.1) is 0 Å². The highest BCUT2D eigenvalue weighted by molar-refractivity contribution is 5.23. The average Bonchev–Trinajstić information content (AvgIpc) is 2.16. The molecular formula is C13H18O. The Balaban J connectivity index is 2.17. The zero-order valence-corrected chi connectivity index (χ0v) is 8.74. The van der Waals surface area contributed by atoms with Gasteiger partial charge in [-0.2, -0.15) is 0 Å². The Kier molecular flexibility index (Phi) is 2.36. The fourth-order valence-corrected chi connectivity index (χ4v) is 2.51. The molecule has 0 unspecified atom stereocenters. The molecule has 0 saturated heterocycles. The zero-order valence-electron chi connectivity index (χ0n) is 8.74. The van der Waals surface area contributed by atoms with Crippen LogP contribution in [0.2, 0.25) is 0 Å². The third-order valence-corrected chi connectivity index (χ3v) is 3.35. The third-order valence-electron chi connectivity index (χ3n) is 3.35. The van der Waals surface area contributed by atoms with E-state index < -0.39 is 5.60 Å². The summed E-state index contributed by atoms with van der Waals surface area (Å²) in [6.45, 7) is 5.77. The number of hydrogen-bond acceptors (Lipinski definition) is 1. The van der Waals surface area contributed by atoms with Crippen molar-refractivity contribution in [2.75, 3.05) is 0 Å². The summed E-state index contributed by atoms with van der Waals surface area (Å²) in [7, 11) is 0. The van der Waals surface area contributed by atoms with Crippen LogP contribution in [-0.2, 0) is 0 Å². The van der Waals surface area contributed by atoms with Gasteiger partial charge in [-0.05, 0) is 32.1 Å². The third kappa shape index (κ3) is 1.69. The number of hydrogen-bond donors (Lipinski definition) is 1. The van der Waals surface area contributed by atoms with E-state index in [1.165, 1.54) is 6.42 Å². The number of fused-ring (bicyclic) bond motifs is 2. The molecule has 1 N–H and O–H groups in total. The maximum absolute atomic E-state index is 10.4. The molecule has 0 aliphatic heterocycles. The van der Waals surface area contributed by atoms with Crippen molar-refractivity contribution in [1.29, 1.82) is 0 Å². The van der Waals surface area contributed by atoms with Gasteiger partial charge in [0.25, 0.3) is 0 Å². The van der Waals surface area contributed by atoms with E-state index in [-0.39, 0.29) is 0 Å². The van der Waals surface area contributed by atoms with Crippen LogP contribution in [0.1, 0.15) is 26.2 Å². The molecule has 0 aromatic carbocycles. The normalized spacial score (nSPS) is 40.7. The summed E-state index contributed by atoms with van der Waals surface area (Å²) in [5.41, 5.74) is 0.403. The molecule has 3 rings (SSSR count). The van der Waals surface area contributed by atoms with Gasteiger partial charge in [0.15, 0.2) is 0 Å². The molecule has 1 fully saturated rings. The van der Waals surface area contributed by atoms with Crippen LogP contribution in [0.5, 0.6) is 0 Å². The van der Waals surface area contributed by atoms with Gasteiger partial charge in [0.05, 0.1) is 5.60 Å². The molecule has 0 aromatic heterocycles. The van der Waals surface area contributed by atoms with Crippen molar-refractivity contribution in [3.8, 4) is 0 Å². The summed E-state index contributed by atoms with van der Waals surface area (Å²) in [6, 6.07) is 0. The SMILES string of the molecule is C=C(C)/C=C/[C@@]1(O)C[C@H]2C=C[C@@H]1CC2. The highest BCUT2D eigenvalue weighted by atomic mass is 16.3. The fraction of sp³-hybridized carbons (Fsp3) is 0.538. The van der Waals surface area contributed by atoms with Crippen molar-refractivity contribution in [3.63, 3.8) is 0 Å². The largest absolute Gasteiger partial charge is 0.385 e. The van der Waals surface area contributed by atoms with Crippen molar-refractivity contribution >= 4 is 0 Å². The second-order valence-corrected chi connectivity index (χ2v) is 4.70. The quantitative estimate of drug-likeness (QED) is 0.524. The molecule has 2 bridgehead atoms. The summed E-state index contributed by atoms with van der Waals surface area (Å²) in [5, 5.41) is 10.4. The van der Waals surface area contributed by atoms with Crippen LogP contribution in [0.15, 0.2) is 36.5 Å². The van der Waals surface area contributed by atoms with Crippen LogP contribution >= 0.6 is 0 Å². The van der Waals surface area contributed by atoms with E-state index >= 15 is 0 Å². The van der Waals surface area contributed by atoms with Crippen LogP contribution in [0.4, 0.5) is 0 Å². The Morgan fingerprint density at radius 1 is 1.50 bits per heavy atom. The maximum atomic E-state index is 10.4. The van der Waals surface area contributed by atoms with Crippen molar-refractivity contribution < 1.29 is 5.11 Å². The van der Waals surface area contributed by atoms with E-state index in [1.807, 2.05) is 19.1 Å². The summed E-state index contributed by atoms with van der Waals surface area (Å²) in [4.78, 5) is 0. The smallest absolute Gasteiger partial charge is 0.0898 e. The van der Waals surface area contributed by atoms with Crippen LogP contribution in [0.3, 0.4) is 0 Å². The monoisotopic (exact) mass is 190 g/mol. The van der Waals surface area contributed by atoms with E-state index in [4.69, 9.17) is 0 Å². The fourth-order valence-electron chi connectivity index (χ4n) is 2.51. The Morgan fingerprint density at radius 2 is 2.29 bits per heavy atom. The van der Waals surface area contributed by atoms with Gasteiger partial charge >= 0.3 is 0 Å². The number of allylic oxidation sites excluding steroid dienone is 3. The first-order valence-electron chi connectivity index (χ1n) is 5.35. The van der Waals surface area contributed by atoms with E-state index in [9.17, 15) is 5.11 Å². The maximum Gasteiger partial charge on any atom is 0.0898 e.